The molecule has 1 aromatic carbocycles. The molecule has 41 heavy (non-hydrogen) atoms. The number of fused-ring (bicyclic) bond motifs is 2. The van der Waals surface area contributed by atoms with Gasteiger partial charge in [-0.2, -0.15) is 0 Å². The summed E-state index contributed by atoms with van der Waals surface area (Å²) < 4.78 is 5.52. The molecule has 3 unspecified atom stereocenters. The minimum atomic E-state index is -0.981. The van der Waals surface area contributed by atoms with Crippen LogP contribution in [0.25, 0.3) is 0 Å². The van der Waals surface area contributed by atoms with Crippen molar-refractivity contribution in [1.82, 2.24) is 20.9 Å². The largest absolute Gasteiger partial charge is 0.444 e. The fraction of sp³-hybridized carbons (Fsp3) is 0.645. The molecule has 1 saturated heterocycles. The third-order valence-electron chi connectivity index (χ3n) is 8.91. The Morgan fingerprint density at radius 1 is 1.05 bits per heavy atom. The lowest BCUT2D eigenvalue weighted by atomic mass is 9.93. The summed E-state index contributed by atoms with van der Waals surface area (Å²) in [6, 6.07) is 5.30. The molecule has 3 aliphatic rings. The number of piperidine rings is 1. The molecule has 224 valence electrons. The zero-order valence-corrected chi connectivity index (χ0v) is 25.2. The van der Waals surface area contributed by atoms with Gasteiger partial charge in [0.15, 0.2) is 0 Å². The molecule has 1 heterocycles. The molecule has 0 radical (unpaired) electrons. The third kappa shape index (κ3) is 6.26. The minimum Gasteiger partial charge on any atom is -0.444 e. The summed E-state index contributed by atoms with van der Waals surface area (Å²) in [5, 5.41) is 7.98. The highest BCUT2D eigenvalue weighted by Gasteiger charge is 2.69. The molecule has 1 saturated carbocycles. The van der Waals surface area contributed by atoms with E-state index in [1.165, 1.54) is 7.05 Å². The number of nitrogens with one attached hydrogen (secondary N) is 3. The lowest BCUT2D eigenvalue weighted by molar-refractivity contribution is -0.144. The molecule has 1 aliphatic heterocycles. The van der Waals surface area contributed by atoms with E-state index in [-0.39, 0.29) is 29.1 Å². The zero-order valence-electron chi connectivity index (χ0n) is 25.2. The number of alkyl carbamates (subject to hydrolysis) is 1. The van der Waals surface area contributed by atoms with Crippen LogP contribution in [0, 0.1) is 23.2 Å². The SMILES string of the molecule is CCCC(NC(=O)[C@@H]1C2C(CN1C(=O)[C@@H](NC(=O)OC(C)(C)C)C1Cc3ccccc3C1)C2(C)C)C(=O)C(=O)NC. The average molecular weight is 569 g/mol. The molecule has 0 spiro atoms. The number of carbonyl (C=O) groups is 5. The number of hydrogen-bond donors (Lipinski definition) is 3. The third-order valence-corrected chi connectivity index (χ3v) is 8.91. The summed E-state index contributed by atoms with van der Waals surface area (Å²) in [6.45, 7) is 11.7. The van der Waals surface area contributed by atoms with Crippen molar-refractivity contribution in [1.29, 1.82) is 0 Å². The van der Waals surface area contributed by atoms with Gasteiger partial charge < -0.3 is 25.6 Å². The quantitative estimate of drug-likeness (QED) is 0.392. The van der Waals surface area contributed by atoms with Crippen LogP contribution in [0.15, 0.2) is 24.3 Å². The van der Waals surface area contributed by atoms with Crippen LogP contribution in [0.2, 0.25) is 0 Å². The minimum absolute atomic E-state index is 0.0909. The van der Waals surface area contributed by atoms with Crippen molar-refractivity contribution in [2.24, 2.45) is 23.2 Å². The molecule has 10 nitrogen and oxygen atoms in total. The number of rotatable bonds is 9. The van der Waals surface area contributed by atoms with Gasteiger partial charge in [0, 0.05) is 13.6 Å². The molecular formula is C31H44N4O6. The van der Waals surface area contributed by atoms with E-state index in [0.717, 1.165) is 11.1 Å². The normalized spacial score (nSPS) is 24.0. The summed E-state index contributed by atoms with van der Waals surface area (Å²) in [5.74, 6) is -2.44. The maximum Gasteiger partial charge on any atom is 0.408 e. The van der Waals surface area contributed by atoms with E-state index in [9.17, 15) is 24.0 Å². The van der Waals surface area contributed by atoms with Crippen molar-refractivity contribution >= 4 is 29.6 Å². The first-order chi connectivity index (χ1) is 19.2. The summed E-state index contributed by atoms with van der Waals surface area (Å²) in [4.78, 5) is 67.4. The number of hydrogen-bond acceptors (Lipinski definition) is 6. The van der Waals surface area contributed by atoms with E-state index in [1.54, 1.807) is 25.7 Å². The Morgan fingerprint density at radius 3 is 2.20 bits per heavy atom. The van der Waals surface area contributed by atoms with Crippen LogP contribution >= 0.6 is 0 Å². The fourth-order valence-corrected chi connectivity index (χ4v) is 6.73. The number of Topliss-reactive ketones (excluding diaryl/α,β-unsaturated/α-hetero) is 1. The Kier molecular flexibility index (Phi) is 8.52. The number of benzene rings is 1. The van der Waals surface area contributed by atoms with Gasteiger partial charge in [-0.1, -0.05) is 51.5 Å². The van der Waals surface area contributed by atoms with E-state index in [4.69, 9.17) is 4.74 Å². The summed E-state index contributed by atoms with van der Waals surface area (Å²) in [5.41, 5.74) is 1.37. The Morgan fingerprint density at radius 2 is 1.66 bits per heavy atom. The molecule has 4 amide bonds. The number of nitrogens with zero attached hydrogens (tertiary/aromatic N) is 1. The highest BCUT2D eigenvalue weighted by molar-refractivity contribution is 6.38. The molecule has 10 heteroatoms. The van der Waals surface area contributed by atoms with Gasteiger partial charge >= 0.3 is 6.09 Å². The van der Waals surface area contributed by atoms with Gasteiger partial charge in [0.25, 0.3) is 5.91 Å². The second-order valence-electron chi connectivity index (χ2n) is 13.2. The fourth-order valence-electron chi connectivity index (χ4n) is 6.73. The molecule has 2 fully saturated rings. The molecule has 1 aromatic rings. The topological polar surface area (TPSA) is 134 Å². The molecule has 2 aliphatic carbocycles. The van der Waals surface area contributed by atoms with E-state index >= 15 is 0 Å². The maximum absolute atomic E-state index is 14.3. The van der Waals surface area contributed by atoms with Gasteiger partial charge in [-0.25, -0.2) is 4.79 Å². The standard InChI is InChI=1S/C31H44N4O6/c1-8-11-21(25(36)27(38)32-7)33-26(37)24-22-20(31(22,5)6)16-35(24)28(39)23(34-29(40)41-30(2,3)4)19-14-17-12-9-10-13-18(17)15-19/h9-10,12-13,19-24H,8,11,14-16H2,1-7H3,(H,32,38)(H,33,37)(H,34,40)/t20?,21?,22?,23-,24-/m0/s1. The van der Waals surface area contributed by atoms with Crippen molar-refractivity contribution in [3.05, 3.63) is 35.4 Å². The Bertz CT molecular complexity index is 1200. The smallest absolute Gasteiger partial charge is 0.408 e. The van der Waals surface area contributed by atoms with Crippen molar-refractivity contribution in [3.8, 4) is 0 Å². The van der Waals surface area contributed by atoms with Gasteiger partial charge in [0.05, 0.1) is 6.04 Å². The second kappa shape index (κ2) is 11.4. The van der Waals surface area contributed by atoms with Crippen molar-refractivity contribution in [3.63, 3.8) is 0 Å². The molecular weight excluding hydrogens is 524 g/mol. The first-order valence-electron chi connectivity index (χ1n) is 14.6. The van der Waals surface area contributed by atoms with Gasteiger partial charge in [0.2, 0.25) is 17.6 Å². The molecule has 0 bridgehead atoms. The first-order valence-corrected chi connectivity index (χ1v) is 14.6. The highest BCUT2D eigenvalue weighted by atomic mass is 16.6. The number of amides is 4. The molecule has 3 N–H and O–H groups in total. The van der Waals surface area contributed by atoms with E-state index < -0.39 is 47.4 Å². The van der Waals surface area contributed by atoms with Crippen LogP contribution in [0.1, 0.15) is 65.5 Å². The van der Waals surface area contributed by atoms with Gasteiger partial charge in [-0.05, 0) is 74.3 Å². The first kappa shape index (κ1) is 30.5. The van der Waals surface area contributed by atoms with E-state index in [1.807, 2.05) is 31.2 Å². The maximum atomic E-state index is 14.3. The van der Waals surface area contributed by atoms with Crippen LogP contribution in [0.5, 0.6) is 0 Å². The van der Waals surface area contributed by atoms with Gasteiger partial charge in [0.1, 0.15) is 17.7 Å². The lowest BCUT2D eigenvalue weighted by Crippen LogP contribution is -2.59. The van der Waals surface area contributed by atoms with Crippen LogP contribution in [-0.4, -0.2) is 71.8 Å². The average Bonchev–Trinajstić information content (AvgIpc) is 3.28. The van der Waals surface area contributed by atoms with E-state index in [0.29, 0.717) is 32.2 Å². The Hall–Kier alpha value is -3.43. The molecule has 4 rings (SSSR count). The van der Waals surface area contributed by atoms with Crippen LogP contribution < -0.4 is 16.0 Å². The monoisotopic (exact) mass is 568 g/mol. The van der Waals surface area contributed by atoms with Gasteiger partial charge in [-0.15, -0.1) is 0 Å². The number of likely N-dealkylation sites (N-methyl/N-ethyl adjacent to an activating group) is 1. The van der Waals surface area contributed by atoms with Gasteiger partial charge in [-0.3, -0.25) is 19.2 Å². The van der Waals surface area contributed by atoms with Crippen molar-refractivity contribution in [2.75, 3.05) is 13.6 Å². The predicted octanol–water partition coefficient (Wildman–Crippen LogP) is 2.38. The van der Waals surface area contributed by atoms with Crippen LogP contribution in [0.3, 0.4) is 0 Å². The summed E-state index contributed by atoms with van der Waals surface area (Å²) >= 11 is 0. The number of ketones is 1. The Labute approximate surface area is 242 Å². The zero-order chi connectivity index (χ0) is 30.3. The number of carbonyl (C=O) groups excluding carboxylic acids is 5. The lowest BCUT2D eigenvalue weighted by Gasteiger charge is -2.35. The molecule has 5 atom stereocenters. The highest BCUT2D eigenvalue weighted by Crippen LogP contribution is 2.65. The summed E-state index contributed by atoms with van der Waals surface area (Å²) in [6.07, 6.45) is 1.44. The van der Waals surface area contributed by atoms with Crippen LogP contribution in [-0.2, 0) is 36.8 Å². The number of likely N-dealkylation sites (tertiary alicyclic amines) is 1. The van der Waals surface area contributed by atoms with E-state index in [2.05, 4.69) is 29.8 Å². The van der Waals surface area contributed by atoms with Crippen molar-refractivity contribution < 1.29 is 28.7 Å². The van der Waals surface area contributed by atoms with Crippen molar-refractivity contribution in [2.45, 2.75) is 91.0 Å². The second-order valence-corrected chi connectivity index (χ2v) is 13.2. The Balaban J connectivity index is 1.60. The molecule has 0 aromatic heterocycles. The van der Waals surface area contributed by atoms with Crippen LogP contribution in [0.4, 0.5) is 4.79 Å². The summed E-state index contributed by atoms with van der Waals surface area (Å²) in [7, 11) is 1.37. The predicted molar refractivity (Wildman–Crippen MR) is 153 cm³/mol. The number of ether oxygens (including phenoxy) is 1.